The fraction of sp³-hybridized carbons (Fsp3) is 0.286. The number of hydrogen-bond acceptors (Lipinski definition) is 4. The highest BCUT2D eigenvalue weighted by Gasteiger charge is 2.18. The number of aryl methyl sites for hydroxylation is 3. The zero-order valence-corrected chi connectivity index (χ0v) is 11.8. The van der Waals surface area contributed by atoms with Crippen molar-refractivity contribution in [2.45, 2.75) is 27.7 Å². The molecule has 2 N–H and O–H groups in total. The van der Waals surface area contributed by atoms with E-state index in [4.69, 9.17) is 5.73 Å². The van der Waals surface area contributed by atoms with Crippen LogP contribution in [0.15, 0.2) is 12.1 Å². The number of nitrogen functional groups attached to an aromatic ring is 1. The van der Waals surface area contributed by atoms with E-state index in [2.05, 4.69) is 37.9 Å². The maximum Gasteiger partial charge on any atom is 0.181 e. The molecular weight excluding hydrogens is 244 g/mol. The molecule has 0 atom stereocenters. The van der Waals surface area contributed by atoms with Crippen LogP contribution in [-0.2, 0) is 0 Å². The van der Waals surface area contributed by atoms with Gasteiger partial charge in [-0.1, -0.05) is 29.0 Å². The molecule has 0 saturated heterocycles. The van der Waals surface area contributed by atoms with E-state index in [1.807, 2.05) is 0 Å². The summed E-state index contributed by atoms with van der Waals surface area (Å²) < 4.78 is 0. The molecular formula is C14H16N2OS. The van der Waals surface area contributed by atoms with Crippen LogP contribution in [0.1, 0.15) is 34.1 Å². The van der Waals surface area contributed by atoms with Crippen LogP contribution in [0.25, 0.3) is 10.4 Å². The topological polar surface area (TPSA) is 56.0 Å². The van der Waals surface area contributed by atoms with Crippen LogP contribution < -0.4 is 5.73 Å². The molecule has 0 amide bonds. The molecule has 1 aromatic carbocycles. The summed E-state index contributed by atoms with van der Waals surface area (Å²) in [5.74, 6) is -0.0441. The fourth-order valence-corrected chi connectivity index (χ4v) is 3.34. The third-order valence-electron chi connectivity index (χ3n) is 2.88. The Labute approximate surface area is 111 Å². The number of hydrogen-bond donors (Lipinski definition) is 1. The van der Waals surface area contributed by atoms with Gasteiger partial charge in [0.1, 0.15) is 5.69 Å². The van der Waals surface area contributed by atoms with Crippen molar-refractivity contribution >= 4 is 22.3 Å². The van der Waals surface area contributed by atoms with E-state index in [0.29, 0.717) is 10.8 Å². The molecule has 0 radical (unpaired) electrons. The lowest BCUT2D eigenvalue weighted by atomic mass is 9.97. The minimum Gasteiger partial charge on any atom is -0.375 e. The van der Waals surface area contributed by atoms with Crippen molar-refractivity contribution in [3.05, 3.63) is 34.5 Å². The second-order valence-electron chi connectivity index (χ2n) is 4.56. The molecule has 0 aliphatic carbocycles. The van der Waals surface area contributed by atoms with E-state index in [0.717, 1.165) is 21.6 Å². The van der Waals surface area contributed by atoms with E-state index in [1.54, 1.807) is 0 Å². The average Bonchev–Trinajstić information content (AvgIpc) is 2.58. The van der Waals surface area contributed by atoms with Crippen LogP contribution in [0.5, 0.6) is 0 Å². The van der Waals surface area contributed by atoms with Crippen LogP contribution in [-0.4, -0.2) is 10.8 Å². The van der Waals surface area contributed by atoms with E-state index < -0.39 is 0 Å². The van der Waals surface area contributed by atoms with Crippen molar-refractivity contribution in [1.29, 1.82) is 0 Å². The van der Waals surface area contributed by atoms with Crippen LogP contribution in [0, 0.1) is 20.8 Å². The van der Waals surface area contributed by atoms with E-state index >= 15 is 0 Å². The van der Waals surface area contributed by atoms with Gasteiger partial charge >= 0.3 is 0 Å². The lowest BCUT2D eigenvalue weighted by Gasteiger charge is -2.10. The number of thiazole rings is 1. The van der Waals surface area contributed by atoms with Crippen LogP contribution in [0.4, 0.5) is 5.13 Å². The van der Waals surface area contributed by atoms with Crippen LogP contribution in [0.2, 0.25) is 0 Å². The monoisotopic (exact) mass is 260 g/mol. The first-order valence-electron chi connectivity index (χ1n) is 5.75. The Morgan fingerprint density at radius 2 is 1.78 bits per heavy atom. The second kappa shape index (κ2) is 4.53. The Kier molecular flexibility index (Phi) is 3.22. The Balaban J connectivity index is 2.73. The maximum absolute atomic E-state index is 11.6. The number of rotatable bonds is 2. The van der Waals surface area contributed by atoms with E-state index in [1.165, 1.54) is 23.8 Å². The predicted molar refractivity (Wildman–Crippen MR) is 76.2 cm³/mol. The number of Topliss-reactive ketones (excluding diaryl/α,β-unsaturated/α-hetero) is 1. The number of nitrogens with zero attached hydrogens (tertiary/aromatic N) is 1. The van der Waals surface area contributed by atoms with Crippen molar-refractivity contribution in [2.75, 3.05) is 5.73 Å². The Morgan fingerprint density at radius 1 is 1.22 bits per heavy atom. The molecule has 18 heavy (non-hydrogen) atoms. The Morgan fingerprint density at radius 3 is 2.28 bits per heavy atom. The smallest absolute Gasteiger partial charge is 0.181 e. The Bertz CT molecular complexity index is 606. The molecule has 1 aromatic heterocycles. The fourth-order valence-electron chi connectivity index (χ4n) is 2.28. The molecule has 0 fully saturated rings. The number of anilines is 1. The zero-order valence-electron chi connectivity index (χ0n) is 11.0. The lowest BCUT2D eigenvalue weighted by Crippen LogP contribution is -1.98. The van der Waals surface area contributed by atoms with Gasteiger partial charge < -0.3 is 5.73 Å². The number of ketones is 1. The van der Waals surface area contributed by atoms with Crippen molar-refractivity contribution in [3.63, 3.8) is 0 Å². The normalized spacial score (nSPS) is 10.7. The first-order chi connectivity index (χ1) is 8.40. The summed E-state index contributed by atoms with van der Waals surface area (Å²) in [6.45, 7) is 7.69. The summed E-state index contributed by atoms with van der Waals surface area (Å²) in [7, 11) is 0. The first-order valence-corrected chi connectivity index (χ1v) is 6.57. The van der Waals surface area contributed by atoms with Crippen LogP contribution >= 0.6 is 11.3 Å². The SMILES string of the molecule is CC(=O)c1nc(N)sc1-c1c(C)cc(C)cc1C. The van der Waals surface area contributed by atoms with Crippen molar-refractivity contribution in [1.82, 2.24) is 4.98 Å². The molecule has 0 unspecified atom stereocenters. The molecule has 2 rings (SSSR count). The van der Waals surface area contributed by atoms with Gasteiger partial charge in [-0.05, 0) is 37.5 Å². The number of aromatic nitrogens is 1. The van der Waals surface area contributed by atoms with Gasteiger partial charge in [0.15, 0.2) is 10.9 Å². The van der Waals surface area contributed by atoms with Gasteiger partial charge in [0, 0.05) is 6.92 Å². The molecule has 3 nitrogen and oxygen atoms in total. The zero-order chi connectivity index (χ0) is 13.4. The molecule has 1 heterocycles. The minimum absolute atomic E-state index is 0.0441. The summed E-state index contributed by atoms with van der Waals surface area (Å²) in [6, 6.07) is 4.23. The highest BCUT2D eigenvalue weighted by molar-refractivity contribution is 7.19. The second-order valence-corrected chi connectivity index (χ2v) is 5.59. The standard InChI is InChI=1S/C14H16N2OS/c1-7-5-8(2)11(9(3)6-7)13-12(10(4)17)16-14(15)18-13/h5-6H,1-4H3,(H2,15,16). The third-order valence-corrected chi connectivity index (χ3v) is 3.78. The van der Waals surface area contributed by atoms with Crippen LogP contribution in [0.3, 0.4) is 0 Å². The number of benzene rings is 1. The molecule has 94 valence electrons. The third kappa shape index (κ3) is 2.16. The molecule has 4 heteroatoms. The first kappa shape index (κ1) is 12.8. The highest BCUT2D eigenvalue weighted by Crippen LogP contribution is 2.36. The molecule has 0 saturated carbocycles. The quantitative estimate of drug-likeness (QED) is 0.840. The molecule has 0 aliphatic heterocycles. The van der Waals surface area contributed by atoms with Gasteiger partial charge in [-0.15, -0.1) is 0 Å². The van der Waals surface area contributed by atoms with Crippen molar-refractivity contribution in [2.24, 2.45) is 0 Å². The van der Waals surface area contributed by atoms with Gasteiger partial charge in [-0.25, -0.2) is 4.98 Å². The Hall–Kier alpha value is -1.68. The van der Waals surface area contributed by atoms with Gasteiger partial charge in [0.25, 0.3) is 0 Å². The van der Waals surface area contributed by atoms with Gasteiger partial charge in [0.05, 0.1) is 4.88 Å². The van der Waals surface area contributed by atoms with Gasteiger partial charge in [-0.2, -0.15) is 0 Å². The average molecular weight is 260 g/mol. The summed E-state index contributed by atoms with van der Waals surface area (Å²) in [4.78, 5) is 16.7. The summed E-state index contributed by atoms with van der Waals surface area (Å²) >= 11 is 1.38. The lowest BCUT2D eigenvalue weighted by molar-refractivity contribution is 0.101. The summed E-state index contributed by atoms with van der Waals surface area (Å²) in [6.07, 6.45) is 0. The number of carbonyl (C=O) groups is 1. The molecule has 0 aliphatic rings. The largest absolute Gasteiger partial charge is 0.375 e. The van der Waals surface area contributed by atoms with Crippen molar-refractivity contribution < 1.29 is 4.79 Å². The minimum atomic E-state index is -0.0441. The van der Waals surface area contributed by atoms with Crippen molar-refractivity contribution in [3.8, 4) is 10.4 Å². The molecule has 2 aromatic rings. The molecule has 0 spiro atoms. The number of nitrogens with two attached hydrogens (primary N) is 1. The number of carbonyl (C=O) groups excluding carboxylic acids is 1. The van der Waals surface area contributed by atoms with E-state index in [-0.39, 0.29) is 5.78 Å². The predicted octanol–water partition coefficient (Wildman–Crippen LogP) is 3.52. The highest BCUT2D eigenvalue weighted by atomic mass is 32.1. The maximum atomic E-state index is 11.6. The van der Waals surface area contributed by atoms with Gasteiger partial charge in [-0.3, -0.25) is 4.79 Å². The van der Waals surface area contributed by atoms with Gasteiger partial charge in [0.2, 0.25) is 0 Å². The molecule has 0 bridgehead atoms. The summed E-state index contributed by atoms with van der Waals surface area (Å²) in [5.41, 5.74) is 10.8. The van der Waals surface area contributed by atoms with E-state index in [9.17, 15) is 4.79 Å². The summed E-state index contributed by atoms with van der Waals surface area (Å²) in [5, 5.41) is 0.439.